The molecule has 1 aliphatic rings. The van der Waals surface area contributed by atoms with Gasteiger partial charge in [-0.3, -0.25) is 0 Å². The van der Waals surface area contributed by atoms with E-state index in [0.717, 1.165) is 41.2 Å². The van der Waals surface area contributed by atoms with Crippen LogP contribution in [-0.2, 0) is 0 Å². The molecule has 0 N–H and O–H groups in total. The van der Waals surface area contributed by atoms with Crippen LogP contribution in [0.5, 0.6) is 0 Å². The lowest BCUT2D eigenvalue weighted by atomic mass is 10.0. The number of aryl methyl sites for hydroxylation is 1. The Kier molecular flexibility index (Phi) is 4.26. The quantitative estimate of drug-likeness (QED) is 0.603. The predicted molar refractivity (Wildman–Crippen MR) is 104 cm³/mol. The molecule has 0 unspecified atom stereocenters. The Hall–Kier alpha value is -3.00. The minimum Gasteiger partial charge on any atom is -0.228 e. The smallest absolute Gasteiger partial charge is 0.160 e. The fourth-order valence-corrected chi connectivity index (χ4v) is 2.99. The Labute approximate surface area is 148 Å². The lowest BCUT2D eigenvalue weighted by molar-refractivity contribution is 1.03. The molecule has 0 amide bonds. The van der Waals surface area contributed by atoms with E-state index in [1.165, 1.54) is 11.1 Å². The highest BCUT2D eigenvalue weighted by Gasteiger charge is 2.11. The standard InChI is InChI=1S/C23H20N2/c1-17-12-14-19(15-13-17)22-16-21(18-8-4-2-5-9-18)24-23(25-22)20-10-6-3-7-11-20/h3-4,6-16H,2,5H2,1H3. The summed E-state index contributed by atoms with van der Waals surface area (Å²) in [5.41, 5.74) is 6.53. The second-order valence-electron chi connectivity index (χ2n) is 6.33. The van der Waals surface area contributed by atoms with Crippen LogP contribution < -0.4 is 0 Å². The lowest BCUT2D eigenvalue weighted by Gasteiger charge is -2.11. The van der Waals surface area contributed by atoms with E-state index in [2.05, 4.69) is 67.6 Å². The third kappa shape index (κ3) is 3.43. The third-order valence-electron chi connectivity index (χ3n) is 4.40. The first kappa shape index (κ1) is 15.5. The van der Waals surface area contributed by atoms with Crippen LogP contribution in [0.3, 0.4) is 0 Å². The number of allylic oxidation sites excluding steroid dienone is 4. The van der Waals surface area contributed by atoms with E-state index in [0.29, 0.717) is 0 Å². The van der Waals surface area contributed by atoms with E-state index in [1.807, 2.05) is 18.2 Å². The summed E-state index contributed by atoms with van der Waals surface area (Å²) in [4.78, 5) is 9.68. The van der Waals surface area contributed by atoms with Crippen LogP contribution in [0.2, 0.25) is 0 Å². The van der Waals surface area contributed by atoms with Crippen molar-refractivity contribution in [3.05, 3.63) is 90.1 Å². The summed E-state index contributed by atoms with van der Waals surface area (Å²) < 4.78 is 0. The summed E-state index contributed by atoms with van der Waals surface area (Å²) >= 11 is 0. The average Bonchev–Trinajstić information content (AvgIpc) is 2.69. The maximum Gasteiger partial charge on any atom is 0.160 e. The van der Waals surface area contributed by atoms with Crippen molar-refractivity contribution in [1.82, 2.24) is 9.97 Å². The molecule has 0 spiro atoms. The highest BCUT2D eigenvalue weighted by Crippen LogP contribution is 2.27. The Morgan fingerprint density at radius 1 is 0.760 bits per heavy atom. The largest absolute Gasteiger partial charge is 0.228 e. The lowest BCUT2D eigenvalue weighted by Crippen LogP contribution is -1.98. The molecule has 1 heterocycles. The number of benzene rings is 2. The summed E-state index contributed by atoms with van der Waals surface area (Å²) in [5.74, 6) is 0.772. The highest BCUT2D eigenvalue weighted by molar-refractivity contribution is 5.77. The second kappa shape index (κ2) is 6.86. The summed E-state index contributed by atoms with van der Waals surface area (Å²) in [6.45, 7) is 2.10. The van der Waals surface area contributed by atoms with Crippen molar-refractivity contribution in [2.75, 3.05) is 0 Å². The number of aromatic nitrogens is 2. The molecule has 1 aliphatic carbocycles. The zero-order chi connectivity index (χ0) is 17.1. The van der Waals surface area contributed by atoms with E-state index in [1.54, 1.807) is 0 Å². The predicted octanol–water partition coefficient (Wildman–Crippen LogP) is 5.85. The molecule has 0 aliphatic heterocycles. The SMILES string of the molecule is Cc1ccc(-c2cc(C3=CCCC=C3)nc(-c3ccccc3)n2)cc1. The molecule has 0 atom stereocenters. The number of hydrogen-bond donors (Lipinski definition) is 0. The summed E-state index contributed by atoms with van der Waals surface area (Å²) in [7, 11) is 0. The zero-order valence-corrected chi connectivity index (χ0v) is 14.3. The van der Waals surface area contributed by atoms with Crippen LogP contribution in [0.15, 0.2) is 78.9 Å². The highest BCUT2D eigenvalue weighted by atomic mass is 14.9. The van der Waals surface area contributed by atoms with Gasteiger partial charge in [0.05, 0.1) is 11.4 Å². The van der Waals surface area contributed by atoms with Gasteiger partial charge in [0, 0.05) is 11.1 Å². The van der Waals surface area contributed by atoms with Crippen LogP contribution >= 0.6 is 0 Å². The van der Waals surface area contributed by atoms with Gasteiger partial charge in [0.1, 0.15) is 0 Å². The topological polar surface area (TPSA) is 25.8 Å². The fourth-order valence-electron chi connectivity index (χ4n) is 2.99. The normalized spacial score (nSPS) is 13.6. The van der Waals surface area contributed by atoms with Gasteiger partial charge in [0.15, 0.2) is 5.82 Å². The van der Waals surface area contributed by atoms with E-state index in [9.17, 15) is 0 Å². The Morgan fingerprint density at radius 2 is 1.52 bits per heavy atom. The van der Waals surface area contributed by atoms with Gasteiger partial charge in [-0.1, -0.05) is 78.4 Å². The van der Waals surface area contributed by atoms with Crippen molar-refractivity contribution < 1.29 is 0 Å². The molecule has 3 aromatic rings. The first-order chi connectivity index (χ1) is 12.3. The maximum atomic E-state index is 4.84. The second-order valence-corrected chi connectivity index (χ2v) is 6.33. The number of nitrogens with zero attached hydrogens (tertiary/aromatic N) is 2. The van der Waals surface area contributed by atoms with Gasteiger partial charge in [-0.25, -0.2) is 9.97 Å². The average molecular weight is 324 g/mol. The Balaban J connectivity index is 1.87. The van der Waals surface area contributed by atoms with Crippen molar-refractivity contribution in [3.8, 4) is 22.6 Å². The first-order valence-electron chi connectivity index (χ1n) is 8.68. The Morgan fingerprint density at radius 3 is 2.24 bits per heavy atom. The first-order valence-corrected chi connectivity index (χ1v) is 8.68. The van der Waals surface area contributed by atoms with Gasteiger partial charge < -0.3 is 0 Å². The van der Waals surface area contributed by atoms with Crippen LogP contribution in [0, 0.1) is 6.92 Å². The van der Waals surface area contributed by atoms with Gasteiger partial charge in [0.25, 0.3) is 0 Å². The summed E-state index contributed by atoms with van der Waals surface area (Å²) in [6.07, 6.45) is 8.81. The van der Waals surface area contributed by atoms with Crippen LogP contribution in [0.1, 0.15) is 24.1 Å². The molecule has 0 fully saturated rings. The summed E-state index contributed by atoms with van der Waals surface area (Å²) in [5, 5.41) is 0. The molecule has 2 aromatic carbocycles. The van der Waals surface area contributed by atoms with Gasteiger partial charge >= 0.3 is 0 Å². The van der Waals surface area contributed by atoms with Crippen molar-refractivity contribution in [2.45, 2.75) is 19.8 Å². The molecular formula is C23H20N2. The molecule has 0 saturated carbocycles. The van der Waals surface area contributed by atoms with Gasteiger partial charge in [0.2, 0.25) is 0 Å². The van der Waals surface area contributed by atoms with E-state index in [-0.39, 0.29) is 0 Å². The van der Waals surface area contributed by atoms with Gasteiger partial charge in [-0.15, -0.1) is 0 Å². The van der Waals surface area contributed by atoms with Crippen LogP contribution in [-0.4, -0.2) is 9.97 Å². The van der Waals surface area contributed by atoms with Gasteiger partial charge in [-0.05, 0) is 31.4 Å². The molecule has 4 rings (SSSR count). The number of hydrogen-bond acceptors (Lipinski definition) is 2. The molecule has 25 heavy (non-hydrogen) atoms. The third-order valence-corrected chi connectivity index (χ3v) is 4.40. The monoisotopic (exact) mass is 324 g/mol. The van der Waals surface area contributed by atoms with E-state index >= 15 is 0 Å². The molecule has 0 radical (unpaired) electrons. The minimum absolute atomic E-state index is 0.772. The molecule has 0 bridgehead atoms. The van der Waals surface area contributed by atoms with Crippen molar-refractivity contribution in [3.63, 3.8) is 0 Å². The molecular weight excluding hydrogens is 304 g/mol. The minimum atomic E-state index is 0.772. The molecule has 1 aromatic heterocycles. The van der Waals surface area contributed by atoms with Crippen molar-refractivity contribution in [1.29, 1.82) is 0 Å². The molecule has 122 valence electrons. The number of rotatable bonds is 3. The van der Waals surface area contributed by atoms with E-state index in [4.69, 9.17) is 9.97 Å². The van der Waals surface area contributed by atoms with Gasteiger partial charge in [-0.2, -0.15) is 0 Å². The summed E-state index contributed by atoms with van der Waals surface area (Å²) in [6, 6.07) is 20.8. The van der Waals surface area contributed by atoms with Crippen molar-refractivity contribution >= 4 is 5.57 Å². The molecule has 2 heteroatoms. The van der Waals surface area contributed by atoms with Crippen molar-refractivity contribution in [2.24, 2.45) is 0 Å². The molecule has 0 saturated heterocycles. The van der Waals surface area contributed by atoms with Crippen LogP contribution in [0.4, 0.5) is 0 Å². The molecule has 2 nitrogen and oxygen atoms in total. The van der Waals surface area contributed by atoms with E-state index < -0.39 is 0 Å². The Bertz CT molecular complexity index is 936. The maximum absolute atomic E-state index is 4.84. The van der Waals surface area contributed by atoms with Crippen LogP contribution in [0.25, 0.3) is 28.2 Å². The fraction of sp³-hybridized carbons (Fsp3) is 0.130. The zero-order valence-electron chi connectivity index (χ0n) is 14.3.